The van der Waals surface area contributed by atoms with Gasteiger partial charge in [-0.3, -0.25) is 0 Å². The first kappa shape index (κ1) is 34.7. The van der Waals surface area contributed by atoms with E-state index in [-0.39, 0.29) is 24.1 Å². The highest BCUT2D eigenvalue weighted by atomic mass is 16.6. The highest BCUT2D eigenvalue weighted by Crippen LogP contribution is 2.40. The van der Waals surface area contributed by atoms with Crippen molar-refractivity contribution in [3.05, 3.63) is 96.1 Å². The van der Waals surface area contributed by atoms with Crippen LogP contribution in [0.3, 0.4) is 0 Å². The molecule has 0 N–H and O–H groups in total. The van der Waals surface area contributed by atoms with Gasteiger partial charge in [0, 0.05) is 12.2 Å². The second-order valence-electron chi connectivity index (χ2n) is 12.2. The van der Waals surface area contributed by atoms with Crippen LogP contribution in [0, 0.1) is 11.8 Å². The summed E-state index contributed by atoms with van der Waals surface area (Å²) in [7, 11) is 0. The second kappa shape index (κ2) is 18.1. The molecule has 0 spiro atoms. The van der Waals surface area contributed by atoms with Crippen molar-refractivity contribution < 1.29 is 38.1 Å². The molecule has 0 bridgehead atoms. The summed E-state index contributed by atoms with van der Waals surface area (Å²) < 4.78 is 21.7. The molecule has 0 unspecified atom stereocenters. The lowest BCUT2D eigenvalue weighted by molar-refractivity contribution is -0.138. The van der Waals surface area contributed by atoms with Gasteiger partial charge in [-0.05, 0) is 124 Å². The molecule has 0 aliphatic heterocycles. The van der Waals surface area contributed by atoms with Gasteiger partial charge in [0.15, 0.2) is 0 Å². The van der Waals surface area contributed by atoms with Crippen LogP contribution in [0.4, 0.5) is 0 Å². The largest absolute Gasteiger partial charge is 0.463 e. The minimum atomic E-state index is -0.419. The molecule has 4 rings (SSSR count). The number of hydrogen-bond acceptors (Lipinski definition) is 8. The molecule has 0 amide bonds. The minimum Gasteiger partial charge on any atom is -0.463 e. The molecule has 0 saturated heterocycles. The zero-order valence-corrected chi connectivity index (χ0v) is 26.7. The Morgan fingerprint density at radius 1 is 0.565 bits per heavy atom. The first-order valence-corrected chi connectivity index (χ1v) is 16.5. The Morgan fingerprint density at radius 3 is 1.24 bits per heavy atom. The molecule has 8 nitrogen and oxygen atoms in total. The number of aryl methyl sites for hydroxylation is 2. The molecule has 0 aromatic heterocycles. The van der Waals surface area contributed by atoms with E-state index in [1.807, 2.05) is 24.3 Å². The van der Waals surface area contributed by atoms with Gasteiger partial charge in [-0.2, -0.15) is 0 Å². The SMILES string of the molecule is C=CC(=O)OCCCc1ccc(C(=O)OC2CCC(C3CCC(OC(=O)c4ccc(CCCOC(=O)C=C)cc4)CC3)CC2)cc1. The van der Waals surface area contributed by atoms with Gasteiger partial charge in [0.25, 0.3) is 0 Å². The molecular weight excluding hydrogens is 584 g/mol. The Bertz CT molecular complexity index is 1210. The summed E-state index contributed by atoms with van der Waals surface area (Å²) in [5, 5.41) is 0. The molecule has 0 heterocycles. The lowest BCUT2D eigenvalue weighted by atomic mass is 9.72. The molecule has 2 aromatic carbocycles. The Labute approximate surface area is 272 Å². The van der Waals surface area contributed by atoms with E-state index in [2.05, 4.69) is 13.2 Å². The lowest BCUT2D eigenvalue weighted by Crippen LogP contribution is -2.32. The molecule has 0 radical (unpaired) electrons. The molecule has 2 fully saturated rings. The van der Waals surface area contributed by atoms with E-state index in [4.69, 9.17) is 18.9 Å². The second-order valence-corrected chi connectivity index (χ2v) is 12.2. The summed E-state index contributed by atoms with van der Waals surface area (Å²) in [6, 6.07) is 14.9. The Balaban J connectivity index is 1.10. The number of carbonyl (C=O) groups is 4. The van der Waals surface area contributed by atoms with Crippen LogP contribution in [0.1, 0.15) is 96.1 Å². The molecule has 2 aliphatic carbocycles. The number of ether oxygens (including phenoxy) is 4. The van der Waals surface area contributed by atoms with Gasteiger partial charge in [-0.15, -0.1) is 0 Å². The minimum absolute atomic E-state index is 0.0542. The van der Waals surface area contributed by atoms with Gasteiger partial charge in [-0.25, -0.2) is 19.2 Å². The van der Waals surface area contributed by atoms with Crippen LogP contribution in [-0.4, -0.2) is 49.3 Å². The molecule has 0 atom stereocenters. The van der Waals surface area contributed by atoms with E-state index in [1.54, 1.807) is 24.3 Å². The number of benzene rings is 2. The summed E-state index contributed by atoms with van der Waals surface area (Å²) in [6.45, 7) is 7.43. The maximum Gasteiger partial charge on any atom is 0.338 e. The molecule has 246 valence electrons. The fraction of sp³-hybridized carbons (Fsp3) is 0.474. The number of hydrogen-bond donors (Lipinski definition) is 0. The summed E-state index contributed by atoms with van der Waals surface area (Å²) in [4.78, 5) is 47.8. The van der Waals surface area contributed by atoms with Gasteiger partial charge in [0.05, 0.1) is 24.3 Å². The van der Waals surface area contributed by atoms with E-state index >= 15 is 0 Å². The van der Waals surface area contributed by atoms with Crippen molar-refractivity contribution >= 4 is 23.9 Å². The van der Waals surface area contributed by atoms with Crippen LogP contribution >= 0.6 is 0 Å². The molecular formula is C38H46O8. The van der Waals surface area contributed by atoms with E-state index in [9.17, 15) is 19.2 Å². The van der Waals surface area contributed by atoms with Crippen molar-refractivity contribution in [2.75, 3.05) is 13.2 Å². The van der Waals surface area contributed by atoms with Gasteiger partial charge in [-0.1, -0.05) is 37.4 Å². The third kappa shape index (κ3) is 11.0. The number of esters is 4. The average Bonchev–Trinajstić information content (AvgIpc) is 3.09. The molecule has 8 heteroatoms. The number of carbonyl (C=O) groups excluding carboxylic acids is 4. The van der Waals surface area contributed by atoms with Crippen molar-refractivity contribution in [2.24, 2.45) is 11.8 Å². The van der Waals surface area contributed by atoms with Gasteiger partial charge in [0.1, 0.15) is 12.2 Å². The fourth-order valence-electron chi connectivity index (χ4n) is 6.43. The summed E-state index contributed by atoms with van der Waals surface area (Å²) in [6.07, 6.45) is 12.8. The van der Waals surface area contributed by atoms with E-state index in [0.717, 1.165) is 87.5 Å². The zero-order chi connectivity index (χ0) is 32.7. The average molecular weight is 631 g/mol. The van der Waals surface area contributed by atoms with Crippen LogP contribution in [0.2, 0.25) is 0 Å². The normalized spacial score (nSPS) is 21.0. The number of rotatable bonds is 15. The predicted octanol–water partition coefficient (Wildman–Crippen LogP) is 7.14. The predicted molar refractivity (Wildman–Crippen MR) is 174 cm³/mol. The maximum absolute atomic E-state index is 12.8. The molecule has 2 aromatic rings. The van der Waals surface area contributed by atoms with Crippen molar-refractivity contribution in [3.8, 4) is 0 Å². The van der Waals surface area contributed by atoms with Crippen LogP contribution in [0.25, 0.3) is 0 Å². The topological polar surface area (TPSA) is 105 Å². The molecule has 46 heavy (non-hydrogen) atoms. The quantitative estimate of drug-likeness (QED) is 0.0885. The van der Waals surface area contributed by atoms with Gasteiger partial charge in [0.2, 0.25) is 0 Å². The zero-order valence-electron chi connectivity index (χ0n) is 26.7. The first-order valence-electron chi connectivity index (χ1n) is 16.5. The highest BCUT2D eigenvalue weighted by molar-refractivity contribution is 5.90. The van der Waals surface area contributed by atoms with Crippen molar-refractivity contribution in [1.82, 2.24) is 0 Å². The molecule has 2 saturated carbocycles. The van der Waals surface area contributed by atoms with Crippen LogP contribution in [-0.2, 0) is 41.4 Å². The van der Waals surface area contributed by atoms with Crippen molar-refractivity contribution in [1.29, 1.82) is 0 Å². The standard InChI is InChI=1S/C38H46O8/c1-3-35(39)43-25-5-7-27-9-13-31(14-10-27)37(41)45-33-21-17-29(18-22-33)30-19-23-34(24-20-30)46-38(42)32-15-11-28(12-16-32)8-6-26-44-36(40)4-2/h3-4,9-16,29-30,33-34H,1-2,5-8,17-26H2. The van der Waals surface area contributed by atoms with Crippen LogP contribution in [0.15, 0.2) is 73.8 Å². The summed E-state index contributed by atoms with van der Waals surface area (Å²) >= 11 is 0. The third-order valence-corrected chi connectivity index (χ3v) is 9.07. The molecule has 2 aliphatic rings. The third-order valence-electron chi connectivity index (χ3n) is 9.07. The van der Waals surface area contributed by atoms with E-state index < -0.39 is 11.9 Å². The Kier molecular flexibility index (Phi) is 13.6. The fourth-order valence-corrected chi connectivity index (χ4v) is 6.43. The van der Waals surface area contributed by atoms with Crippen molar-refractivity contribution in [3.63, 3.8) is 0 Å². The van der Waals surface area contributed by atoms with E-state index in [0.29, 0.717) is 49.0 Å². The smallest absolute Gasteiger partial charge is 0.338 e. The van der Waals surface area contributed by atoms with E-state index in [1.165, 1.54) is 0 Å². The summed E-state index contributed by atoms with van der Waals surface area (Å²) in [5.41, 5.74) is 3.25. The van der Waals surface area contributed by atoms with Crippen molar-refractivity contribution in [2.45, 2.75) is 89.3 Å². The monoisotopic (exact) mass is 630 g/mol. The first-order chi connectivity index (χ1) is 22.3. The highest BCUT2D eigenvalue weighted by Gasteiger charge is 2.33. The maximum atomic E-state index is 12.8. The van der Waals surface area contributed by atoms with Gasteiger partial charge >= 0.3 is 23.9 Å². The lowest BCUT2D eigenvalue weighted by Gasteiger charge is -2.37. The van der Waals surface area contributed by atoms with Gasteiger partial charge < -0.3 is 18.9 Å². The summed E-state index contributed by atoms with van der Waals surface area (Å²) in [5.74, 6) is -0.166. The van der Waals surface area contributed by atoms with Crippen LogP contribution < -0.4 is 0 Å². The Hall–Kier alpha value is -4.20. The van der Waals surface area contributed by atoms with Crippen LogP contribution in [0.5, 0.6) is 0 Å². The Morgan fingerprint density at radius 2 is 0.913 bits per heavy atom.